The summed E-state index contributed by atoms with van der Waals surface area (Å²) in [6.45, 7) is 1.88. The van der Waals surface area contributed by atoms with E-state index in [4.69, 9.17) is 5.11 Å². The first-order valence-corrected chi connectivity index (χ1v) is 10.4. The number of fused-ring (bicyclic) bond motifs is 1. The van der Waals surface area contributed by atoms with E-state index in [0.717, 1.165) is 10.8 Å². The number of carboxylic acid groups (broad SMARTS) is 1. The number of amides is 3. The largest absolute Gasteiger partial charge is 0.481 e. The number of benzene rings is 2. The van der Waals surface area contributed by atoms with Crippen LogP contribution in [0.5, 0.6) is 0 Å². The first kappa shape index (κ1) is 22.9. The van der Waals surface area contributed by atoms with Crippen molar-refractivity contribution in [1.82, 2.24) is 15.5 Å². The predicted octanol–water partition coefficient (Wildman–Crippen LogP) is 1.11. The van der Waals surface area contributed by atoms with Crippen molar-refractivity contribution in [3.63, 3.8) is 0 Å². The van der Waals surface area contributed by atoms with Crippen LogP contribution >= 0.6 is 0 Å². The Hall–Kier alpha value is -3.75. The molecular weight excluding hydrogens is 414 g/mol. The lowest BCUT2D eigenvalue weighted by Crippen LogP contribution is -2.54. The molecule has 3 rings (SSSR count). The van der Waals surface area contributed by atoms with Crippen molar-refractivity contribution < 1.29 is 29.1 Å². The van der Waals surface area contributed by atoms with Crippen LogP contribution in [0.2, 0.25) is 0 Å². The van der Waals surface area contributed by atoms with Gasteiger partial charge in [-0.25, -0.2) is 0 Å². The number of carbonyl (C=O) groups is 5. The Balaban J connectivity index is 1.67. The van der Waals surface area contributed by atoms with E-state index in [1.807, 2.05) is 30.3 Å². The molecule has 0 spiro atoms. The van der Waals surface area contributed by atoms with Crippen LogP contribution in [0.25, 0.3) is 10.8 Å². The number of hydrogen-bond acceptors (Lipinski definition) is 5. The van der Waals surface area contributed by atoms with Crippen molar-refractivity contribution in [3.05, 3.63) is 48.0 Å². The zero-order chi connectivity index (χ0) is 23.3. The number of aldehydes is 1. The van der Waals surface area contributed by atoms with Gasteiger partial charge < -0.3 is 25.4 Å². The molecule has 1 aliphatic heterocycles. The van der Waals surface area contributed by atoms with Gasteiger partial charge in [0, 0.05) is 12.1 Å². The number of likely N-dealkylation sites (tertiary alicyclic amines) is 1. The fourth-order valence-electron chi connectivity index (χ4n) is 3.91. The molecule has 0 aliphatic carbocycles. The summed E-state index contributed by atoms with van der Waals surface area (Å²) in [7, 11) is 0. The zero-order valence-electron chi connectivity index (χ0n) is 17.6. The van der Waals surface area contributed by atoms with Gasteiger partial charge in [-0.05, 0) is 36.6 Å². The molecular formula is C23H25N3O6. The third-order valence-electron chi connectivity index (χ3n) is 5.48. The van der Waals surface area contributed by atoms with Gasteiger partial charge in [0.05, 0.1) is 12.5 Å². The summed E-state index contributed by atoms with van der Waals surface area (Å²) >= 11 is 0. The second-order valence-corrected chi connectivity index (χ2v) is 7.76. The van der Waals surface area contributed by atoms with Gasteiger partial charge in [-0.3, -0.25) is 19.2 Å². The Labute approximate surface area is 184 Å². The summed E-state index contributed by atoms with van der Waals surface area (Å²) in [6, 6.07) is 9.91. The molecule has 9 nitrogen and oxygen atoms in total. The van der Waals surface area contributed by atoms with Gasteiger partial charge in [-0.2, -0.15) is 0 Å². The molecule has 0 aromatic heterocycles. The number of nitrogens with zero attached hydrogens (tertiary/aromatic N) is 1. The average molecular weight is 439 g/mol. The number of nitrogens with one attached hydrogen (secondary N) is 2. The van der Waals surface area contributed by atoms with Crippen molar-refractivity contribution in [2.24, 2.45) is 0 Å². The highest BCUT2D eigenvalue weighted by Crippen LogP contribution is 2.21. The Morgan fingerprint density at radius 3 is 2.56 bits per heavy atom. The topological polar surface area (TPSA) is 133 Å². The van der Waals surface area contributed by atoms with Crippen molar-refractivity contribution in [1.29, 1.82) is 0 Å². The smallest absolute Gasteiger partial charge is 0.305 e. The molecule has 1 saturated heterocycles. The van der Waals surface area contributed by atoms with Gasteiger partial charge >= 0.3 is 5.97 Å². The fraction of sp³-hybridized carbons (Fsp3) is 0.348. The molecule has 3 unspecified atom stereocenters. The number of carbonyl (C=O) groups excluding carboxylic acids is 4. The second kappa shape index (κ2) is 10.0. The van der Waals surface area contributed by atoms with Crippen LogP contribution < -0.4 is 10.6 Å². The Bertz CT molecular complexity index is 1050. The van der Waals surface area contributed by atoms with Gasteiger partial charge in [-0.15, -0.1) is 0 Å². The molecule has 3 amide bonds. The van der Waals surface area contributed by atoms with Crippen molar-refractivity contribution in [3.8, 4) is 0 Å². The maximum atomic E-state index is 13.0. The van der Waals surface area contributed by atoms with E-state index in [1.165, 1.54) is 4.90 Å². The van der Waals surface area contributed by atoms with Crippen LogP contribution in [0.3, 0.4) is 0 Å². The van der Waals surface area contributed by atoms with E-state index in [2.05, 4.69) is 10.6 Å². The van der Waals surface area contributed by atoms with Gasteiger partial charge in [0.15, 0.2) is 0 Å². The van der Waals surface area contributed by atoms with E-state index in [9.17, 15) is 24.0 Å². The number of rotatable bonds is 8. The van der Waals surface area contributed by atoms with Gasteiger partial charge in [-0.1, -0.05) is 36.4 Å². The molecule has 3 N–H and O–H groups in total. The van der Waals surface area contributed by atoms with E-state index >= 15 is 0 Å². The first-order chi connectivity index (χ1) is 15.3. The van der Waals surface area contributed by atoms with Crippen LogP contribution in [0, 0.1) is 0 Å². The standard InChI is InChI=1S/C23H25N3O6/c1-14(24-21(30)18-9-4-7-15-6-2-3-8-17(15)18)23(32)26-11-5-10-19(26)22(31)25-16(13-27)12-20(28)29/h2-4,6-9,13-14,16,19H,5,10-12H2,1H3,(H,24,30)(H,25,31)(H,28,29). The Morgan fingerprint density at radius 2 is 1.84 bits per heavy atom. The minimum Gasteiger partial charge on any atom is -0.481 e. The summed E-state index contributed by atoms with van der Waals surface area (Å²) in [4.78, 5) is 61.7. The summed E-state index contributed by atoms with van der Waals surface area (Å²) < 4.78 is 0. The highest BCUT2D eigenvalue weighted by Gasteiger charge is 2.37. The lowest BCUT2D eigenvalue weighted by molar-refractivity contribution is -0.141. The Morgan fingerprint density at radius 1 is 1.12 bits per heavy atom. The fourth-order valence-corrected chi connectivity index (χ4v) is 3.91. The molecule has 2 aromatic rings. The van der Waals surface area contributed by atoms with Gasteiger partial charge in [0.25, 0.3) is 5.91 Å². The quantitative estimate of drug-likeness (QED) is 0.528. The molecule has 2 aromatic carbocycles. The summed E-state index contributed by atoms with van der Waals surface area (Å²) in [6.07, 6.45) is 0.798. The monoisotopic (exact) mass is 439 g/mol. The number of carboxylic acids is 1. The number of aliphatic carboxylic acids is 1. The lowest BCUT2D eigenvalue weighted by atomic mass is 10.0. The SMILES string of the molecule is CC(NC(=O)c1cccc2ccccc12)C(=O)N1CCCC1C(=O)NC(C=O)CC(=O)O. The normalized spacial score (nSPS) is 17.4. The zero-order valence-corrected chi connectivity index (χ0v) is 17.6. The predicted molar refractivity (Wildman–Crippen MR) is 116 cm³/mol. The number of hydrogen-bond donors (Lipinski definition) is 3. The molecule has 3 atom stereocenters. The van der Waals surface area contributed by atoms with Gasteiger partial charge in [0.2, 0.25) is 11.8 Å². The van der Waals surface area contributed by atoms with Crippen LogP contribution in [0.1, 0.15) is 36.5 Å². The van der Waals surface area contributed by atoms with E-state index in [-0.39, 0.29) is 0 Å². The summed E-state index contributed by atoms with van der Waals surface area (Å²) in [5.74, 6) is -2.62. The van der Waals surface area contributed by atoms with Crippen molar-refractivity contribution in [2.75, 3.05) is 6.54 Å². The summed E-state index contributed by atoms with van der Waals surface area (Å²) in [5.41, 5.74) is 0.445. The average Bonchev–Trinajstić information content (AvgIpc) is 3.27. The third kappa shape index (κ3) is 5.11. The maximum absolute atomic E-state index is 13.0. The van der Waals surface area contributed by atoms with E-state index < -0.39 is 48.2 Å². The lowest BCUT2D eigenvalue weighted by Gasteiger charge is -2.28. The molecule has 1 heterocycles. The maximum Gasteiger partial charge on any atom is 0.305 e. The second-order valence-electron chi connectivity index (χ2n) is 7.76. The molecule has 168 valence electrons. The molecule has 0 radical (unpaired) electrons. The Kier molecular flexibility index (Phi) is 7.19. The molecule has 1 fully saturated rings. The summed E-state index contributed by atoms with van der Waals surface area (Å²) in [5, 5.41) is 15.6. The van der Waals surface area contributed by atoms with Crippen LogP contribution in [0.4, 0.5) is 0 Å². The van der Waals surface area contributed by atoms with Crippen LogP contribution in [-0.2, 0) is 19.2 Å². The molecule has 0 bridgehead atoms. The van der Waals surface area contributed by atoms with Gasteiger partial charge in [0.1, 0.15) is 18.4 Å². The van der Waals surface area contributed by atoms with Crippen LogP contribution in [0.15, 0.2) is 42.5 Å². The molecule has 9 heteroatoms. The highest BCUT2D eigenvalue weighted by molar-refractivity contribution is 6.08. The van der Waals surface area contributed by atoms with Crippen LogP contribution in [-0.4, -0.2) is 64.7 Å². The first-order valence-electron chi connectivity index (χ1n) is 10.4. The minimum atomic E-state index is -1.22. The van der Waals surface area contributed by atoms with Crippen molar-refractivity contribution >= 4 is 40.7 Å². The third-order valence-corrected chi connectivity index (χ3v) is 5.48. The van der Waals surface area contributed by atoms with Crippen molar-refractivity contribution in [2.45, 2.75) is 44.3 Å². The molecule has 0 saturated carbocycles. The highest BCUT2D eigenvalue weighted by atomic mass is 16.4. The molecule has 1 aliphatic rings. The minimum absolute atomic E-state index is 0.329. The van der Waals surface area contributed by atoms with E-state index in [0.29, 0.717) is 31.2 Å². The van der Waals surface area contributed by atoms with E-state index in [1.54, 1.807) is 19.1 Å². The molecule has 32 heavy (non-hydrogen) atoms.